The molecule has 1 aromatic carbocycles. The maximum absolute atomic E-state index is 13.3. The van der Waals surface area contributed by atoms with Gasteiger partial charge in [-0.25, -0.2) is 13.8 Å². The normalized spacial score (nSPS) is 15.8. The van der Waals surface area contributed by atoms with Gasteiger partial charge < -0.3 is 14.2 Å². The van der Waals surface area contributed by atoms with Crippen molar-refractivity contribution >= 4 is 16.9 Å². The van der Waals surface area contributed by atoms with E-state index in [1.165, 1.54) is 10.9 Å². The first kappa shape index (κ1) is 13.0. The molecule has 0 bridgehead atoms. The first-order chi connectivity index (χ1) is 9.65. The highest BCUT2D eigenvalue weighted by Crippen LogP contribution is 2.17. The van der Waals surface area contributed by atoms with E-state index in [4.69, 9.17) is 4.74 Å². The summed E-state index contributed by atoms with van der Waals surface area (Å²) >= 11 is 0. The van der Waals surface area contributed by atoms with Crippen LogP contribution in [-0.2, 0) is 16.1 Å². The third-order valence-electron chi connectivity index (χ3n) is 3.33. The molecule has 1 amide bonds. The van der Waals surface area contributed by atoms with Gasteiger partial charge in [-0.1, -0.05) is 0 Å². The lowest BCUT2D eigenvalue weighted by molar-refractivity contribution is -0.135. The lowest BCUT2D eigenvalue weighted by Gasteiger charge is -2.27. The molecule has 20 heavy (non-hydrogen) atoms. The van der Waals surface area contributed by atoms with E-state index in [9.17, 15) is 13.6 Å². The first-order valence-electron chi connectivity index (χ1n) is 6.30. The number of fused-ring (bicyclic) bond motifs is 1. The van der Waals surface area contributed by atoms with Crippen LogP contribution in [0, 0.1) is 11.6 Å². The Morgan fingerprint density at radius 1 is 1.25 bits per heavy atom. The van der Waals surface area contributed by atoms with Crippen molar-refractivity contribution in [1.29, 1.82) is 0 Å². The van der Waals surface area contributed by atoms with Crippen molar-refractivity contribution < 1.29 is 18.3 Å². The summed E-state index contributed by atoms with van der Waals surface area (Å²) in [7, 11) is 0. The van der Waals surface area contributed by atoms with Crippen LogP contribution in [0.15, 0.2) is 18.5 Å². The second-order valence-corrected chi connectivity index (χ2v) is 4.62. The molecule has 0 aliphatic carbocycles. The van der Waals surface area contributed by atoms with Crippen molar-refractivity contribution in [3.05, 3.63) is 30.1 Å². The number of amides is 1. The number of carbonyl (C=O) groups is 1. The highest BCUT2D eigenvalue weighted by atomic mass is 19.2. The van der Waals surface area contributed by atoms with Gasteiger partial charge in [0.2, 0.25) is 5.91 Å². The van der Waals surface area contributed by atoms with Crippen molar-refractivity contribution in [1.82, 2.24) is 14.5 Å². The van der Waals surface area contributed by atoms with Gasteiger partial charge in [0.1, 0.15) is 6.54 Å². The lowest BCUT2D eigenvalue weighted by Crippen LogP contribution is -2.42. The van der Waals surface area contributed by atoms with E-state index in [1.807, 2.05) is 0 Å². The number of imidazole rings is 1. The van der Waals surface area contributed by atoms with Crippen LogP contribution in [0.5, 0.6) is 0 Å². The molecular weight excluding hydrogens is 268 g/mol. The molecule has 1 saturated heterocycles. The zero-order valence-electron chi connectivity index (χ0n) is 10.7. The predicted octanol–water partition coefficient (Wildman–Crippen LogP) is 1.17. The van der Waals surface area contributed by atoms with E-state index in [1.54, 1.807) is 4.90 Å². The number of ether oxygens (including phenoxy) is 1. The van der Waals surface area contributed by atoms with Gasteiger partial charge in [-0.3, -0.25) is 4.79 Å². The quantitative estimate of drug-likeness (QED) is 0.830. The summed E-state index contributed by atoms with van der Waals surface area (Å²) in [6.07, 6.45) is 1.42. The minimum Gasteiger partial charge on any atom is -0.378 e. The smallest absolute Gasteiger partial charge is 0.242 e. The van der Waals surface area contributed by atoms with E-state index >= 15 is 0 Å². The Hall–Kier alpha value is -2.02. The van der Waals surface area contributed by atoms with Gasteiger partial charge in [-0.2, -0.15) is 0 Å². The van der Waals surface area contributed by atoms with Crippen LogP contribution in [-0.4, -0.2) is 46.7 Å². The summed E-state index contributed by atoms with van der Waals surface area (Å²) in [5, 5.41) is 0. The van der Waals surface area contributed by atoms with Crippen molar-refractivity contribution in [2.75, 3.05) is 26.3 Å². The maximum Gasteiger partial charge on any atom is 0.242 e. The van der Waals surface area contributed by atoms with Crippen LogP contribution in [0.2, 0.25) is 0 Å². The summed E-state index contributed by atoms with van der Waals surface area (Å²) in [5.41, 5.74) is 0.740. The highest BCUT2D eigenvalue weighted by Gasteiger charge is 2.18. The van der Waals surface area contributed by atoms with E-state index in [0.29, 0.717) is 37.3 Å². The lowest BCUT2D eigenvalue weighted by atomic mass is 10.3. The van der Waals surface area contributed by atoms with Crippen LogP contribution in [0.3, 0.4) is 0 Å². The number of hydrogen-bond donors (Lipinski definition) is 0. The van der Waals surface area contributed by atoms with Crippen molar-refractivity contribution in [2.45, 2.75) is 6.54 Å². The van der Waals surface area contributed by atoms with E-state index in [-0.39, 0.29) is 12.5 Å². The maximum atomic E-state index is 13.3. The summed E-state index contributed by atoms with van der Waals surface area (Å²) in [5.74, 6) is -1.97. The van der Waals surface area contributed by atoms with Gasteiger partial charge in [0.05, 0.1) is 30.6 Å². The van der Waals surface area contributed by atoms with Crippen molar-refractivity contribution in [2.24, 2.45) is 0 Å². The average molecular weight is 281 g/mol. The summed E-state index contributed by atoms with van der Waals surface area (Å²) in [4.78, 5) is 17.8. The topological polar surface area (TPSA) is 47.4 Å². The fourth-order valence-electron chi connectivity index (χ4n) is 2.24. The van der Waals surface area contributed by atoms with Crippen molar-refractivity contribution in [3.63, 3.8) is 0 Å². The average Bonchev–Trinajstić information content (AvgIpc) is 2.83. The number of aromatic nitrogens is 2. The molecule has 1 aliphatic rings. The number of nitrogens with zero attached hydrogens (tertiary/aromatic N) is 3. The van der Waals surface area contributed by atoms with Crippen LogP contribution >= 0.6 is 0 Å². The number of benzene rings is 1. The zero-order valence-corrected chi connectivity index (χ0v) is 10.7. The molecule has 1 aliphatic heterocycles. The number of carbonyl (C=O) groups excluding carboxylic acids is 1. The van der Waals surface area contributed by atoms with Gasteiger partial charge in [0, 0.05) is 25.2 Å². The molecule has 1 aromatic heterocycles. The monoisotopic (exact) mass is 281 g/mol. The van der Waals surface area contributed by atoms with Crippen LogP contribution in [0.25, 0.3) is 11.0 Å². The first-order valence-corrected chi connectivity index (χ1v) is 6.30. The second kappa shape index (κ2) is 5.16. The number of morpholine rings is 1. The Labute approximate surface area is 113 Å². The predicted molar refractivity (Wildman–Crippen MR) is 67.0 cm³/mol. The molecule has 0 radical (unpaired) electrons. The third-order valence-corrected chi connectivity index (χ3v) is 3.33. The fraction of sp³-hybridized carbons (Fsp3) is 0.385. The van der Waals surface area contributed by atoms with Gasteiger partial charge in [0.25, 0.3) is 0 Å². The van der Waals surface area contributed by atoms with Crippen LogP contribution < -0.4 is 0 Å². The molecule has 5 nitrogen and oxygen atoms in total. The third kappa shape index (κ3) is 2.36. The van der Waals surface area contributed by atoms with Gasteiger partial charge >= 0.3 is 0 Å². The second-order valence-electron chi connectivity index (χ2n) is 4.62. The minimum absolute atomic E-state index is 0.0571. The molecule has 0 N–H and O–H groups in total. The minimum atomic E-state index is -0.946. The summed E-state index contributed by atoms with van der Waals surface area (Å²) in [6, 6.07) is 2.09. The van der Waals surface area contributed by atoms with Gasteiger partial charge in [0.15, 0.2) is 11.6 Å². The molecule has 0 spiro atoms. The standard InChI is InChI=1S/C13H13F2N3O2/c14-9-5-11-12(6-10(9)15)18(8-16-11)7-13(19)17-1-3-20-4-2-17/h5-6,8H,1-4,7H2. The SMILES string of the molecule is O=C(Cn1cnc2cc(F)c(F)cc21)N1CCOCC1. The number of rotatable bonds is 2. The van der Waals surface area contributed by atoms with E-state index in [2.05, 4.69) is 4.98 Å². The molecule has 2 aromatic rings. The molecule has 0 unspecified atom stereocenters. The van der Waals surface area contributed by atoms with Crippen LogP contribution in [0.1, 0.15) is 0 Å². The Morgan fingerprint density at radius 2 is 1.95 bits per heavy atom. The fourth-order valence-corrected chi connectivity index (χ4v) is 2.24. The van der Waals surface area contributed by atoms with E-state index < -0.39 is 11.6 Å². The van der Waals surface area contributed by atoms with Crippen molar-refractivity contribution in [3.8, 4) is 0 Å². The zero-order chi connectivity index (χ0) is 14.1. The van der Waals surface area contributed by atoms with Crippen LogP contribution in [0.4, 0.5) is 8.78 Å². The highest BCUT2D eigenvalue weighted by molar-refractivity contribution is 5.80. The van der Waals surface area contributed by atoms with Gasteiger partial charge in [-0.15, -0.1) is 0 Å². The molecule has 0 saturated carbocycles. The van der Waals surface area contributed by atoms with E-state index in [0.717, 1.165) is 12.1 Å². The molecule has 7 heteroatoms. The number of hydrogen-bond acceptors (Lipinski definition) is 3. The molecule has 106 valence electrons. The molecule has 3 rings (SSSR count). The molecule has 2 heterocycles. The summed E-state index contributed by atoms with van der Waals surface area (Å²) < 4.78 is 33.1. The molecule has 0 atom stereocenters. The Kier molecular flexibility index (Phi) is 3.35. The molecular formula is C13H13F2N3O2. The Balaban J connectivity index is 1.83. The number of halogens is 2. The Morgan fingerprint density at radius 3 is 2.70 bits per heavy atom. The summed E-state index contributed by atoms with van der Waals surface area (Å²) in [6.45, 7) is 2.21. The van der Waals surface area contributed by atoms with Gasteiger partial charge in [-0.05, 0) is 0 Å². The Bertz CT molecular complexity index is 650. The largest absolute Gasteiger partial charge is 0.378 e. The molecule has 1 fully saturated rings.